The number of carbonyl (C=O) groups excluding carboxylic acids is 2. The van der Waals surface area contributed by atoms with E-state index in [0.717, 1.165) is 45.3 Å². The zero-order valence-corrected chi connectivity index (χ0v) is 26.5. The lowest BCUT2D eigenvalue weighted by molar-refractivity contribution is -0.140. The number of amides is 2. The molecule has 4 rings (SSSR count). The maximum absolute atomic E-state index is 14.4. The highest BCUT2D eigenvalue weighted by molar-refractivity contribution is 7.92. The Bertz CT molecular complexity index is 1680. The molecule has 0 fully saturated rings. The minimum atomic E-state index is -4.34. The smallest absolute Gasteiger partial charge is 0.264 e. The summed E-state index contributed by atoms with van der Waals surface area (Å²) in [6.45, 7) is 5.80. The summed E-state index contributed by atoms with van der Waals surface area (Å²) < 4.78 is 48.4. The van der Waals surface area contributed by atoms with Crippen molar-refractivity contribution in [3.8, 4) is 5.75 Å². The van der Waals surface area contributed by atoms with Gasteiger partial charge in [0, 0.05) is 19.5 Å². The molecule has 0 unspecified atom stereocenters. The van der Waals surface area contributed by atoms with Crippen LogP contribution >= 0.6 is 0 Å². The molecule has 0 radical (unpaired) electrons. The van der Waals surface area contributed by atoms with Gasteiger partial charge in [-0.1, -0.05) is 54.6 Å². The number of ether oxygens (including phenoxy) is 1. The molecular formula is C35H38FN3O5S. The third kappa shape index (κ3) is 8.48. The van der Waals surface area contributed by atoms with Gasteiger partial charge in [-0.15, -0.1) is 0 Å². The quantitative estimate of drug-likeness (QED) is 0.198. The maximum Gasteiger partial charge on any atom is 0.264 e. The molecule has 45 heavy (non-hydrogen) atoms. The molecule has 1 N–H and O–H groups in total. The van der Waals surface area contributed by atoms with Crippen LogP contribution in [0.5, 0.6) is 5.75 Å². The average Bonchev–Trinajstić information content (AvgIpc) is 3.03. The van der Waals surface area contributed by atoms with Gasteiger partial charge in [0.05, 0.1) is 17.2 Å². The van der Waals surface area contributed by atoms with Gasteiger partial charge in [-0.25, -0.2) is 12.8 Å². The molecule has 8 nitrogen and oxygen atoms in total. The molecule has 4 aromatic carbocycles. The normalized spacial score (nSPS) is 11.8. The first-order valence-corrected chi connectivity index (χ1v) is 16.2. The van der Waals surface area contributed by atoms with E-state index in [1.807, 2.05) is 68.4 Å². The highest BCUT2D eigenvalue weighted by Gasteiger charge is 2.34. The number of likely N-dealkylation sites (N-methyl/N-ethyl adjacent to an activating group) is 1. The molecule has 10 heteroatoms. The Hall–Kier alpha value is -4.70. The van der Waals surface area contributed by atoms with Crippen molar-refractivity contribution in [3.63, 3.8) is 0 Å². The van der Waals surface area contributed by atoms with E-state index in [1.165, 1.54) is 4.90 Å². The Labute approximate surface area is 264 Å². The van der Waals surface area contributed by atoms with Crippen molar-refractivity contribution in [1.82, 2.24) is 10.2 Å². The number of benzene rings is 4. The van der Waals surface area contributed by atoms with Crippen LogP contribution in [0.2, 0.25) is 0 Å². The van der Waals surface area contributed by atoms with E-state index < -0.39 is 34.3 Å². The third-order valence-corrected chi connectivity index (χ3v) is 9.13. The van der Waals surface area contributed by atoms with E-state index in [2.05, 4.69) is 5.32 Å². The van der Waals surface area contributed by atoms with Gasteiger partial charge in [0.15, 0.2) is 0 Å². The standard InChI is InChI=1S/C35H38FN3O5S/c1-4-37-35(41)33(23-27-12-7-6-8-13-27)38(24-28-14-10-9-11-26(28)3)34(40)25-39(30-17-19-31(20-18-30)44-5-2)45(42,43)32-21-15-29(36)16-22-32/h6-22,33H,4-5,23-25H2,1-3H3,(H,37,41)/t33-/m0/s1. The Morgan fingerprint density at radius 3 is 2.13 bits per heavy atom. The summed E-state index contributed by atoms with van der Waals surface area (Å²) in [7, 11) is -4.34. The summed E-state index contributed by atoms with van der Waals surface area (Å²) in [4.78, 5) is 29.3. The van der Waals surface area contributed by atoms with E-state index in [4.69, 9.17) is 4.74 Å². The SMILES string of the molecule is CCNC(=O)[C@H](Cc1ccccc1)N(Cc1ccccc1C)C(=O)CN(c1ccc(OCC)cc1)S(=O)(=O)c1ccc(F)cc1. The second-order valence-electron chi connectivity index (χ2n) is 10.4. The van der Waals surface area contributed by atoms with E-state index >= 15 is 0 Å². The molecule has 1 atom stereocenters. The van der Waals surface area contributed by atoms with Gasteiger partial charge >= 0.3 is 0 Å². The Balaban J connectivity index is 1.80. The lowest BCUT2D eigenvalue weighted by Crippen LogP contribution is -2.53. The topological polar surface area (TPSA) is 96.0 Å². The fourth-order valence-corrected chi connectivity index (χ4v) is 6.37. The molecule has 0 saturated heterocycles. The fourth-order valence-electron chi connectivity index (χ4n) is 4.95. The monoisotopic (exact) mass is 631 g/mol. The van der Waals surface area contributed by atoms with Gasteiger partial charge in [-0.05, 0) is 86.0 Å². The second kappa shape index (κ2) is 15.3. The summed E-state index contributed by atoms with van der Waals surface area (Å²) in [5.74, 6) is -0.984. The molecule has 0 heterocycles. The molecule has 236 valence electrons. The van der Waals surface area contributed by atoms with Gasteiger partial charge in [0.2, 0.25) is 11.8 Å². The summed E-state index contributed by atoms with van der Waals surface area (Å²) in [5.41, 5.74) is 2.80. The highest BCUT2D eigenvalue weighted by atomic mass is 32.2. The van der Waals surface area contributed by atoms with Crippen LogP contribution in [-0.4, -0.2) is 50.9 Å². The van der Waals surface area contributed by atoms with Gasteiger partial charge in [0.25, 0.3) is 10.0 Å². The fraction of sp³-hybridized carbons (Fsp3) is 0.257. The van der Waals surface area contributed by atoms with Crippen molar-refractivity contribution in [2.24, 2.45) is 0 Å². The molecule has 2 amide bonds. The number of rotatable bonds is 14. The van der Waals surface area contributed by atoms with Gasteiger partial charge in [-0.2, -0.15) is 0 Å². The second-order valence-corrected chi connectivity index (χ2v) is 12.3. The number of carbonyl (C=O) groups is 2. The molecule has 0 saturated carbocycles. The lowest BCUT2D eigenvalue weighted by atomic mass is 10.0. The number of hydrogen-bond donors (Lipinski definition) is 1. The first-order chi connectivity index (χ1) is 21.6. The van der Waals surface area contributed by atoms with Crippen LogP contribution in [0.1, 0.15) is 30.5 Å². The predicted octanol–water partition coefficient (Wildman–Crippen LogP) is 5.50. The minimum absolute atomic E-state index is 0.0772. The number of anilines is 1. The zero-order valence-electron chi connectivity index (χ0n) is 25.6. The zero-order chi connectivity index (χ0) is 32.4. The minimum Gasteiger partial charge on any atom is -0.494 e. The summed E-state index contributed by atoms with van der Waals surface area (Å²) >= 11 is 0. The van der Waals surface area contributed by atoms with Gasteiger partial charge in [-0.3, -0.25) is 13.9 Å². The molecule has 0 bridgehead atoms. The molecule has 0 aliphatic heterocycles. The molecule has 0 aromatic heterocycles. The maximum atomic E-state index is 14.4. The van der Waals surface area contributed by atoms with Crippen molar-refractivity contribution >= 4 is 27.5 Å². The first-order valence-electron chi connectivity index (χ1n) is 14.8. The first kappa shape index (κ1) is 33.2. The number of nitrogens with one attached hydrogen (secondary N) is 1. The van der Waals surface area contributed by atoms with Crippen LogP contribution in [0.15, 0.2) is 108 Å². The number of sulfonamides is 1. The lowest BCUT2D eigenvalue weighted by Gasteiger charge is -2.34. The van der Waals surface area contributed by atoms with Crippen LogP contribution in [0.3, 0.4) is 0 Å². The van der Waals surface area contributed by atoms with Crippen molar-refractivity contribution in [2.75, 3.05) is 24.0 Å². The summed E-state index contributed by atoms with van der Waals surface area (Å²) in [5, 5.41) is 2.85. The van der Waals surface area contributed by atoms with E-state index in [9.17, 15) is 22.4 Å². The Morgan fingerprint density at radius 1 is 0.867 bits per heavy atom. The number of aryl methyl sites for hydroxylation is 1. The van der Waals surface area contributed by atoms with Crippen LogP contribution < -0.4 is 14.4 Å². The molecular weight excluding hydrogens is 593 g/mol. The van der Waals surface area contributed by atoms with E-state index in [1.54, 1.807) is 31.2 Å². The highest BCUT2D eigenvalue weighted by Crippen LogP contribution is 2.27. The summed E-state index contributed by atoms with van der Waals surface area (Å²) in [6.07, 6.45) is 0.220. The van der Waals surface area contributed by atoms with Crippen molar-refractivity contribution in [1.29, 1.82) is 0 Å². The average molecular weight is 632 g/mol. The van der Waals surface area contributed by atoms with Gasteiger partial charge in [0.1, 0.15) is 24.2 Å². The molecule has 4 aromatic rings. The van der Waals surface area contributed by atoms with Crippen molar-refractivity contribution < 1.29 is 27.1 Å². The largest absolute Gasteiger partial charge is 0.494 e. The third-order valence-electron chi connectivity index (χ3n) is 7.34. The molecule has 0 spiro atoms. The molecule has 0 aliphatic rings. The van der Waals surface area contributed by atoms with E-state index in [0.29, 0.717) is 18.9 Å². The predicted molar refractivity (Wildman–Crippen MR) is 173 cm³/mol. The van der Waals surface area contributed by atoms with Crippen LogP contribution in [-0.2, 0) is 32.6 Å². The Morgan fingerprint density at radius 2 is 1.51 bits per heavy atom. The van der Waals surface area contributed by atoms with Crippen LogP contribution in [0, 0.1) is 12.7 Å². The van der Waals surface area contributed by atoms with Crippen molar-refractivity contribution in [3.05, 3.63) is 126 Å². The van der Waals surface area contributed by atoms with Crippen molar-refractivity contribution in [2.45, 2.75) is 44.7 Å². The Kier molecular flexibility index (Phi) is 11.3. The number of hydrogen-bond acceptors (Lipinski definition) is 5. The number of nitrogens with zero attached hydrogens (tertiary/aromatic N) is 2. The number of halogens is 1. The van der Waals surface area contributed by atoms with Crippen LogP contribution in [0.25, 0.3) is 0 Å². The molecule has 0 aliphatic carbocycles. The van der Waals surface area contributed by atoms with Crippen LogP contribution in [0.4, 0.5) is 10.1 Å². The summed E-state index contributed by atoms with van der Waals surface area (Å²) in [6, 6.07) is 26.7. The van der Waals surface area contributed by atoms with Gasteiger partial charge < -0.3 is 15.0 Å². The van der Waals surface area contributed by atoms with E-state index in [-0.39, 0.29) is 29.5 Å².